The van der Waals surface area contributed by atoms with Gasteiger partial charge in [0, 0.05) is 32.2 Å². The van der Waals surface area contributed by atoms with Crippen LogP contribution in [0, 0.1) is 17.8 Å². The second kappa shape index (κ2) is 7.02. The van der Waals surface area contributed by atoms with Gasteiger partial charge in [-0.2, -0.15) is 5.10 Å². The Morgan fingerprint density at radius 2 is 2.04 bits per heavy atom. The molecule has 3 aliphatic rings. The molecule has 2 bridgehead atoms. The smallest absolute Gasteiger partial charge is 0.274 e. The molecule has 7 nitrogen and oxygen atoms in total. The number of ether oxygens (including phenoxy) is 1. The molecule has 0 aromatic carbocycles. The van der Waals surface area contributed by atoms with Crippen molar-refractivity contribution in [2.75, 3.05) is 26.3 Å². The second-order valence-electron chi connectivity index (χ2n) is 8.04. The molecule has 4 rings (SSSR count). The lowest BCUT2D eigenvalue weighted by molar-refractivity contribution is 0.0298. The first-order valence-electron chi connectivity index (χ1n) is 9.75. The number of nitrogens with one attached hydrogen (secondary N) is 1. The molecule has 4 atom stereocenters. The van der Waals surface area contributed by atoms with Crippen LogP contribution in [0.5, 0.6) is 0 Å². The number of fused-ring (bicyclic) bond motifs is 2. The molecule has 1 aliphatic heterocycles. The average molecular weight is 360 g/mol. The Labute approximate surface area is 154 Å². The van der Waals surface area contributed by atoms with E-state index in [0.29, 0.717) is 43.6 Å². The van der Waals surface area contributed by atoms with Crippen LogP contribution in [-0.4, -0.2) is 58.8 Å². The minimum atomic E-state index is -0.142. The Morgan fingerprint density at radius 1 is 1.27 bits per heavy atom. The second-order valence-corrected chi connectivity index (χ2v) is 8.04. The van der Waals surface area contributed by atoms with Crippen molar-refractivity contribution in [1.29, 1.82) is 0 Å². The number of rotatable bonds is 4. The molecule has 1 aromatic heterocycles. The quantitative estimate of drug-likeness (QED) is 0.882. The third kappa shape index (κ3) is 3.24. The first-order chi connectivity index (χ1) is 12.5. The Balaban J connectivity index is 1.41. The van der Waals surface area contributed by atoms with Crippen molar-refractivity contribution in [3.63, 3.8) is 0 Å². The number of carbonyl (C=O) groups is 2. The van der Waals surface area contributed by atoms with Gasteiger partial charge in [0.1, 0.15) is 5.69 Å². The Morgan fingerprint density at radius 3 is 2.69 bits per heavy atom. The number of morpholine rings is 1. The van der Waals surface area contributed by atoms with Gasteiger partial charge < -0.3 is 15.0 Å². The van der Waals surface area contributed by atoms with Crippen LogP contribution < -0.4 is 5.32 Å². The normalized spacial score (nSPS) is 29.0. The van der Waals surface area contributed by atoms with Crippen molar-refractivity contribution >= 4 is 11.8 Å². The van der Waals surface area contributed by atoms with Gasteiger partial charge in [0.15, 0.2) is 5.69 Å². The molecule has 1 N–H and O–H groups in total. The number of hydrogen-bond donors (Lipinski definition) is 1. The number of amides is 2. The van der Waals surface area contributed by atoms with Crippen molar-refractivity contribution < 1.29 is 14.3 Å². The minimum absolute atomic E-state index is 0.135. The predicted octanol–water partition coefficient (Wildman–Crippen LogP) is 1.45. The fourth-order valence-corrected chi connectivity index (χ4v) is 5.01. The molecular formula is C19H28N4O3. The van der Waals surface area contributed by atoms with Crippen molar-refractivity contribution in [3.8, 4) is 0 Å². The van der Waals surface area contributed by atoms with Crippen molar-refractivity contribution in [3.05, 3.63) is 17.5 Å². The van der Waals surface area contributed by atoms with Crippen LogP contribution in [0.4, 0.5) is 0 Å². The molecule has 26 heavy (non-hydrogen) atoms. The van der Waals surface area contributed by atoms with Gasteiger partial charge in [0.25, 0.3) is 11.8 Å². The molecule has 0 unspecified atom stereocenters. The number of hydrogen-bond acceptors (Lipinski definition) is 4. The van der Waals surface area contributed by atoms with E-state index in [1.54, 1.807) is 18.0 Å². The highest BCUT2D eigenvalue weighted by Crippen LogP contribution is 2.49. The zero-order valence-corrected chi connectivity index (χ0v) is 15.6. The summed E-state index contributed by atoms with van der Waals surface area (Å²) >= 11 is 0. The van der Waals surface area contributed by atoms with Crippen LogP contribution >= 0.6 is 0 Å². The van der Waals surface area contributed by atoms with E-state index in [1.807, 2.05) is 0 Å². The van der Waals surface area contributed by atoms with Crippen LogP contribution in [0.1, 0.15) is 53.6 Å². The van der Waals surface area contributed by atoms with Crippen LogP contribution in [0.25, 0.3) is 0 Å². The van der Waals surface area contributed by atoms with E-state index in [9.17, 15) is 9.59 Å². The van der Waals surface area contributed by atoms with E-state index in [0.717, 1.165) is 11.8 Å². The summed E-state index contributed by atoms with van der Waals surface area (Å²) < 4.78 is 6.79. The van der Waals surface area contributed by atoms with Gasteiger partial charge >= 0.3 is 0 Å². The maximum atomic E-state index is 12.7. The summed E-state index contributed by atoms with van der Waals surface area (Å²) in [6.45, 7) is 4.34. The average Bonchev–Trinajstić information content (AvgIpc) is 3.37. The van der Waals surface area contributed by atoms with Crippen molar-refractivity contribution in [2.45, 2.75) is 38.6 Å². The van der Waals surface area contributed by atoms with E-state index >= 15 is 0 Å². The molecule has 142 valence electrons. The van der Waals surface area contributed by atoms with Gasteiger partial charge in [-0.3, -0.25) is 14.3 Å². The zero-order chi connectivity index (χ0) is 18.3. The predicted molar refractivity (Wildman–Crippen MR) is 95.8 cm³/mol. The van der Waals surface area contributed by atoms with E-state index in [2.05, 4.69) is 17.3 Å². The molecule has 1 saturated heterocycles. The highest BCUT2D eigenvalue weighted by Gasteiger charge is 2.42. The van der Waals surface area contributed by atoms with E-state index in [4.69, 9.17) is 4.74 Å². The maximum absolute atomic E-state index is 12.7. The molecule has 2 aliphatic carbocycles. The first-order valence-corrected chi connectivity index (χ1v) is 9.75. The van der Waals surface area contributed by atoms with Crippen molar-refractivity contribution in [1.82, 2.24) is 20.0 Å². The summed E-state index contributed by atoms with van der Waals surface area (Å²) in [4.78, 5) is 27.0. The lowest BCUT2D eigenvalue weighted by atomic mass is 9.84. The molecule has 1 aromatic rings. The number of aromatic nitrogens is 2. The highest BCUT2D eigenvalue weighted by molar-refractivity contribution is 5.98. The number of carbonyl (C=O) groups excluding carboxylic acids is 2. The molecule has 2 saturated carbocycles. The summed E-state index contributed by atoms with van der Waals surface area (Å²) in [6.07, 6.45) is 5.23. The molecule has 7 heteroatoms. The Hall–Kier alpha value is -1.89. The van der Waals surface area contributed by atoms with Crippen LogP contribution in [0.3, 0.4) is 0 Å². The van der Waals surface area contributed by atoms with Gasteiger partial charge in [0.2, 0.25) is 0 Å². The molecule has 2 heterocycles. The standard InChI is InChI=1S/C19H28N4O3/c1-12(15-10-13-3-4-14(15)9-13)20-18(24)17-11-16(21-22(17)2)19(25)23-5-7-26-8-6-23/h11-15H,3-10H2,1-2H3,(H,20,24)/t12-,13-,14-,15-/m1/s1. The highest BCUT2D eigenvalue weighted by atomic mass is 16.5. The molecule has 2 amide bonds. The summed E-state index contributed by atoms with van der Waals surface area (Å²) in [7, 11) is 1.72. The van der Waals surface area contributed by atoms with Crippen molar-refractivity contribution in [2.24, 2.45) is 24.8 Å². The molecular weight excluding hydrogens is 332 g/mol. The summed E-state index contributed by atoms with van der Waals surface area (Å²) in [5.74, 6) is 1.93. The fraction of sp³-hybridized carbons (Fsp3) is 0.737. The first kappa shape index (κ1) is 17.5. The maximum Gasteiger partial charge on any atom is 0.274 e. The molecule has 3 fully saturated rings. The summed E-state index contributed by atoms with van der Waals surface area (Å²) in [5.41, 5.74) is 0.767. The van der Waals surface area contributed by atoms with Gasteiger partial charge in [-0.1, -0.05) is 6.42 Å². The number of aryl methyl sites for hydroxylation is 1. The van der Waals surface area contributed by atoms with Crippen LogP contribution in [-0.2, 0) is 11.8 Å². The third-order valence-corrected chi connectivity index (χ3v) is 6.42. The van der Waals surface area contributed by atoms with E-state index in [1.165, 1.54) is 30.4 Å². The van der Waals surface area contributed by atoms with Crippen LogP contribution in [0.2, 0.25) is 0 Å². The molecule has 0 radical (unpaired) electrons. The van der Waals surface area contributed by atoms with Gasteiger partial charge in [0.05, 0.1) is 13.2 Å². The zero-order valence-electron chi connectivity index (χ0n) is 15.6. The third-order valence-electron chi connectivity index (χ3n) is 6.42. The van der Waals surface area contributed by atoms with E-state index in [-0.39, 0.29) is 17.9 Å². The Kier molecular flexibility index (Phi) is 4.73. The van der Waals surface area contributed by atoms with Gasteiger partial charge in [-0.25, -0.2) is 0 Å². The minimum Gasteiger partial charge on any atom is -0.378 e. The SMILES string of the molecule is C[C@@H](NC(=O)c1cc(C(=O)N2CCOCC2)nn1C)[C@H]1C[C@@H]2CC[C@@H]1C2. The fourth-order valence-electron chi connectivity index (χ4n) is 5.01. The Bertz CT molecular complexity index is 695. The lowest BCUT2D eigenvalue weighted by Crippen LogP contribution is -2.41. The van der Waals surface area contributed by atoms with Gasteiger partial charge in [-0.05, 0) is 43.9 Å². The number of nitrogens with zero attached hydrogens (tertiary/aromatic N) is 3. The van der Waals surface area contributed by atoms with Crippen LogP contribution in [0.15, 0.2) is 6.07 Å². The summed E-state index contributed by atoms with van der Waals surface area (Å²) in [6, 6.07) is 1.77. The summed E-state index contributed by atoms with van der Waals surface area (Å²) in [5, 5.41) is 7.42. The lowest BCUT2D eigenvalue weighted by Gasteiger charge is -2.28. The monoisotopic (exact) mass is 360 g/mol. The van der Waals surface area contributed by atoms with Gasteiger partial charge in [-0.15, -0.1) is 0 Å². The largest absolute Gasteiger partial charge is 0.378 e. The van der Waals surface area contributed by atoms with E-state index < -0.39 is 0 Å². The topological polar surface area (TPSA) is 76.5 Å². The molecule has 0 spiro atoms.